The lowest BCUT2D eigenvalue weighted by molar-refractivity contribution is 0.0818. The average molecular weight is 381 g/mol. The number of rotatable bonds is 7. The molecule has 0 radical (unpaired) electrons. The standard InChI is InChI=1S/C24H19N3O2/c28-23(19-12-6-2-7-13-19)21(18-10-4-1-5-11-18)22(27-17-25-16-26-27)24(29)20-14-8-3-9-15-20/h1-17,21-22H. The molecule has 1 heterocycles. The van der Waals surface area contributed by atoms with Gasteiger partial charge in [0.1, 0.15) is 18.7 Å². The summed E-state index contributed by atoms with van der Waals surface area (Å²) < 4.78 is 1.48. The first kappa shape index (κ1) is 18.5. The fourth-order valence-electron chi connectivity index (χ4n) is 3.48. The zero-order valence-electron chi connectivity index (χ0n) is 15.6. The highest BCUT2D eigenvalue weighted by Gasteiger charge is 2.37. The first-order valence-electron chi connectivity index (χ1n) is 9.33. The van der Waals surface area contributed by atoms with E-state index >= 15 is 0 Å². The third kappa shape index (κ3) is 3.89. The van der Waals surface area contributed by atoms with Crippen LogP contribution in [0.5, 0.6) is 0 Å². The summed E-state index contributed by atoms with van der Waals surface area (Å²) >= 11 is 0. The van der Waals surface area contributed by atoms with Crippen molar-refractivity contribution in [3.8, 4) is 0 Å². The molecule has 4 aromatic rings. The van der Waals surface area contributed by atoms with Gasteiger partial charge in [0.05, 0.1) is 5.92 Å². The molecule has 0 fully saturated rings. The summed E-state index contributed by atoms with van der Waals surface area (Å²) in [5.74, 6) is -1.07. The maximum absolute atomic E-state index is 13.6. The highest BCUT2D eigenvalue weighted by atomic mass is 16.1. The lowest BCUT2D eigenvalue weighted by Gasteiger charge is -2.26. The van der Waals surface area contributed by atoms with E-state index in [-0.39, 0.29) is 11.6 Å². The number of Topliss-reactive ketones (excluding diaryl/α,β-unsaturated/α-hetero) is 2. The van der Waals surface area contributed by atoms with Crippen molar-refractivity contribution in [3.05, 3.63) is 120 Å². The Hall–Kier alpha value is -3.86. The van der Waals surface area contributed by atoms with Crippen molar-refractivity contribution in [3.63, 3.8) is 0 Å². The van der Waals surface area contributed by atoms with Gasteiger partial charge in [-0.1, -0.05) is 91.0 Å². The Kier molecular flexibility index (Phi) is 5.38. The Morgan fingerprint density at radius 3 is 1.72 bits per heavy atom. The van der Waals surface area contributed by atoms with Crippen LogP contribution in [-0.2, 0) is 0 Å². The van der Waals surface area contributed by atoms with Gasteiger partial charge in [-0.15, -0.1) is 0 Å². The van der Waals surface area contributed by atoms with Gasteiger partial charge in [0.25, 0.3) is 0 Å². The highest BCUT2D eigenvalue weighted by Crippen LogP contribution is 2.34. The van der Waals surface area contributed by atoms with Gasteiger partial charge in [0.15, 0.2) is 11.6 Å². The summed E-state index contributed by atoms with van der Waals surface area (Å²) in [4.78, 5) is 31.2. The van der Waals surface area contributed by atoms with E-state index in [9.17, 15) is 9.59 Å². The summed E-state index contributed by atoms with van der Waals surface area (Å²) in [6, 6.07) is 26.5. The molecule has 4 rings (SSSR count). The number of carbonyl (C=O) groups excluding carboxylic acids is 2. The Labute approximate surface area is 168 Å². The molecular formula is C24H19N3O2. The van der Waals surface area contributed by atoms with Gasteiger partial charge < -0.3 is 0 Å². The molecule has 0 aliphatic heterocycles. The SMILES string of the molecule is O=C(c1ccccc1)C(c1ccccc1)C(C(=O)c1ccccc1)n1cncn1. The van der Waals surface area contributed by atoms with Crippen LogP contribution in [0.15, 0.2) is 104 Å². The number of aromatic nitrogens is 3. The van der Waals surface area contributed by atoms with Gasteiger partial charge in [-0.3, -0.25) is 9.59 Å². The van der Waals surface area contributed by atoms with Gasteiger partial charge >= 0.3 is 0 Å². The van der Waals surface area contributed by atoms with Gasteiger partial charge in [0, 0.05) is 11.1 Å². The fourth-order valence-corrected chi connectivity index (χ4v) is 3.48. The molecule has 142 valence electrons. The van der Waals surface area contributed by atoms with E-state index in [1.807, 2.05) is 66.7 Å². The molecule has 2 atom stereocenters. The molecule has 1 aromatic heterocycles. The molecule has 0 saturated heterocycles. The maximum atomic E-state index is 13.6. The third-order valence-corrected chi connectivity index (χ3v) is 4.86. The van der Waals surface area contributed by atoms with Gasteiger partial charge in [0.2, 0.25) is 0 Å². The molecule has 3 aromatic carbocycles. The monoisotopic (exact) mass is 381 g/mol. The number of hydrogen-bond acceptors (Lipinski definition) is 4. The topological polar surface area (TPSA) is 64.8 Å². The molecule has 0 amide bonds. The van der Waals surface area contributed by atoms with Crippen molar-refractivity contribution in [2.24, 2.45) is 0 Å². The van der Waals surface area contributed by atoms with E-state index in [1.54, 1.807) is 24.3 Å². The van der Waals surface area contributed by atoms with Gasteiger partial charge in [-0.2, -0.15) is 5.10 Å². The molecular weight excluding hydrogens is 362 g/mol. The molecule has 0 bridgehead atoms. The normalized spacial score (nSPS) is 12.8. The van der Waals surface area contributed by atoms with Crippen LogP contribution in [0.3, 0.4) is 0 Å². The zero-order valence-corrected chi connectivity index (χ0v) is 15.6. The number of benzene rings is 3. The van der Waals surface area contributed by atoms with Crippen LogP contribution in [-0.4, -0.2) is 26.3 Å². The van der Waals surface area contributed by atoms with Crippen molar-refractivity contribution < 1.29 is 9.59 Å². The van der Waals surface area contributed by atoms with E-state index in [4.69, 9.17) is 0 Å². The van der Waals surface area contributed by atoms with E-state index in [0.717, 1.165) is 5.56 Å². The molecule has 0 saturated carbocycles. The maximum Gasteiger partial charge on any atom is 0.188 e. The predicted molar refractivity (Wildman–Crippen MR) is 110 cm³/mol. The summed E-state index contributed by atoms with van der Waals surface area (Å²) in [6.45, 7) is 0. The van der Waals surface area contributed by atoms with E-state index in [0.29, 0.717) is 11.1 Å². The fraction of sp³-hybridized carbons (Fsp3) is 0.0833. The van der Waals surface area contributed by atoms with Crippen LogP contribution >= 0.6 is 0 Å². The molecule has 5 nitrogen and oxygen atoms in total. The van der Waals surface area contributed by atoms with Crippen molar-refractivity contribution in [2.45, 2.75) is 12.0 Å². The van der Waals surface area contributed by atoms with Gasteiger partial charge in [-0.25, -0.2) is 9.67 Å². The zero-order chi connectivity index (χ0) is 20.1. The predicted octanol–water partition coefficient (Wildman–Crippen LogP) is 4.37. The van der Waals surface area contributed by atoms with Crippen molar-refractivity contribution in [2.75, 3.05) is 0 Å². The molecule has 0 spiro atoms. The van der Waals surface area contributed by atoms with Crippen LogP contribution in [0.4, 0.5) is 0 Å². The van der Waals surface area contributed by atoms with Crippen molar-refractivity contribution >= 4 is 11.6 Å². The second-order valence-corrected chi connectivity index (χ2v) is 6.67. The number of carbonyl (C=O) groups is 2. The Morgan fingerprint density at radius 1 is 0.690 bits per heavy atom. The van der Waals surface area contributed by atoms with Crippen LogP contribution in [0.25, 0.3) is 0 Å². The Bertz CT molecular complexity index is 1080. The van der Waals surface area contributed by atoms with Crippen LogP contribution in [0, 0.1) is 0 Å². The molecule has 5 heteroatoms. The smallest absolute Gasteiger partial charge is 0.188 e. The number of ketones is 2. The van der Waals surface area contributed by atoms with Crippen LogP contribution < -0.4 is 0 Å². The molecule has 0 aliphatic rings. The van der Waals surface area contributed by atoms with Crippen LogP contribution in [0.2, 0.25) is 0 Å². The lowest BCUT2D eigenvalue weighted by Crippen LogP contribution is -2.32. The number of hydrogen-bond donors (Lipinski definition) is 0. The molecule has 0 N–H and O–H groups in total. The average Bonchev–Trinajstić information content (AvgIpc) is 3.33. The lowest BCUT2D eigenvalue weighted by atomic mass is 9.81. The molecule has 29 heavy (non-hydrogen) atoms. The van der Waals surface area contributed by atoms with E-state index < -0.39 is 12.0 Å². The first-order chi connectivity index (χ1) is 14.3. The second kappa shape index (κ2) is 8.44. The van der Waals surface area contributed by atoms with Crippen LogP contribution in [0.1, 0.15) is 38.2 Å². The van der Waals surface area contributed by atoms with Gasteiger partial charge in [-0.05, 0) is 5.56 Å². The summed E-state index contributed by atoms with van der Waals surface area (Å²) in [7, 11) is 0. The molecule has 0 aliphatic carbocycles. The second-order valence-electron chi connectivity index (χ2n) is 6.67. The number of nitrogens with zero attached hydrogens (tertiary/aromatic N) is 3. The summed E-state index contributed by atoms with van der Waals surface area (Å²) in [5, 5.41) is 4.22. The van der Waals surface area contributed by atoms with E-state index in [1.165, 1.54) is 17.3 Å². The summed E-state index contributed by atoms with van der Waals surface area (Å²) in [6.07, 6.45) is 2.86. The first-order valence-corrected chi connectivity index (χ1v) is 9.33. The minimum atomic E-state index is -0.852. The molecule has 2 unspecified atom stereocenters. The quantitative estimate of drug-likeness (QED) is 0.446. The minimum Gasteiger partial charge on any atom is -0.293 e. The Morgan fingerprint density at radius 2 is 1.21 bits per heavy atom. The van der Waals surface area contributed by atoms with Crippen molar-refractivity contribution in [1.29, 1.82) is 0 Å². The minimum absolute atomic E-state index is 0.137. The highest BCUT2D eigenvalue weighted by molar-refractivity contribution is 6.08. The third-order valence-electron chi connectivity index (χ3n) is 4.86. The Balaban J connectivity index is 1.87. The largest absolute Gasteiger partial charge is 0.293 e. The summed E-state index contributed by atoms with van der Waals surface area (Å²) in [5.41, 5.74) is 1.83. The van der Waals surface area contributed by atoms with E-state index in [2.05, 4.69) is 10.1 Å². The van der Waals surface area contributed by atoms with Crippen molar-refractivity contribution in [1.82, 2.24) is 14.8 Å².